The first-order valence-electron chi connectivity index (χ1n) is 4.93. The van der Waals surface area contributed by atoms with Crippen molar-refractivity contribution in [3.05, 3.63) is 42.5 Å². The lowest BCUT2D eigenvalue weighted by molar-refractivity contribution is 0.415. The minimum Gasteiger partial charge on any atom is -0.508 e. The highest BCUT2D eigenvalue weighted by Gasteiger charge is 2.03. The largest absolute Gasteiger partial charge is 0.508 e. The van der Waals surface area contributed by atoms with Crippen molar-refractivity contribution in [2.75, 3.05) is 12.8 Å². The van der Waals surface area contributed by atoms with Gasteiger partial charge in [0.25, 0.3) is 0 Å². The van der Waals surface area contributed by atoms with Crippen molar-refractivity contribution in [2.45, 2.75) is 0 Å². The molecule has 0 atom stereocenters. The SMILES string of the molecule is COc1ccc(-c2ccc(O)cc2)c(N)c1. The zero-order valence-corrected chi connectivity index (χ0v) is 8.97. The van der Waals surface area contributed by atoms with E-state index in [1.807, 2.05) is 24.3 Å². The molecule has 82 valence electrons. The van der Waals surface area contributed by atoms with Crippen LogP contribution < -0.4 is 10.5 Å². The molecule has 0 spiro atoms. The molecule has 0 radical (unpaired) electrons. The lowest BCUT2D eigenvalue weighted by Crippen LogP contribution is -1.91. The van der Waals surface area contributed by atoms with E-state index in [2.05, 4.69) is 0 Å². The number of nitrogens with two attached hydrogens (primary N) is 1. The molecule has 0 amide bonds. The number of methoxy groups -OCH3 is 1. The first-order chi connectivity index (χ1) is 7.70. The maximum atomic E-state index is 9.20. The topological polar surface area (TPSA) is 55.5 Å². The van der Waals surface area contributed by atoms with Crippen LogP contribution in [0, 0.1) is 0 Å². The fraction of sp³-hybridized carbons (Fsp3) is 0.0769. The summed E-state index contributed by atoms with van der Waals surface area (Å²) in [7, 11) is 1.61. The number of anilines is 1. The Morgan fingerprint density at radius 1 is 1.06 bits per heavy atom. The van der Waals surface area contributed by atoms with Crippen molar-refractivity contribution in [1.82, 2.24) is 0 Å². The molecule has 0 aliphatic rings. The number of aromatic hydroxyl groups is 1. The Balaban J connectivity index is 2.44. The molecule has 0 heterocycles. The smallest absolute Gasteiger partial charge is 0.120 e. The number of phenols is 1. The fourth-order valence-corrected chi connectivity index (χ4v) is 1.57. The number of benzene rings is 2. The molecule has 0 aliphatic heterocycles. The standard InChI is InChI=1S/C13H13NO2/c1-16-11-6-7-12(13(14)8-11)9-2-4-10(15)5-3-9/h2-8,15H,14H2,1H3. The van der Waals surface area contributed by atoms with E-state index >= 15 is 0 Å². The number of hydrogen-bond acceptors (Lipinski definition) is 3. The Morgan fingerprint density at radius 2 is 1.75 bits per heavy atom. The molecule has 3 N–H and O–H groups in total. The van der Waals surface area contributed by atoms with E-state index < -0.39 is 0 Å². The number of hydrogen-bond donors (Lipinski definition) is 2. The molecule has 0 saturated carbocycles. The molecule has 0 bridgehead atoms. The van der Waals surface area contributed by atoms with Crippen LogP contribution in [-0.4, -0.2) is 12.2 Å². The summed E-state index contributed by atoms with van der Waals surface area (Å²) < 4.78 is 5.08. The van der Waals surface area contributed by atoms with Crippen molar-refractivity contribution >= 4 is 5.69 Å². The fourth-order valence-electron chi connectivity index (χ4n) is 1.57. The Bertz CT molecular complexity index is 492. The highest BCUT2D eigenvalue weighted by molar-refractivity contribution is 5.77. The molecule has 16 heavy (non-hydrogen) atoms. The van der Waals surface area contributed by atoms with Gasteiger partial charge in [0, 0.05) is 17.3 Å². The summed E-state index contributed by atoms with van der Waals surface area (Å²) in [5.41, 5.74) is 8.48. The third-order valence-corrected chi connectivity index (χ3v) is 2.44. The van der Waals surface area contributed by atoms with Crippen molar-refractivity contribution < 1.29 is 9.84 Å². The predicted octanol–water partition coefficient (Wildman–Crippen LogP) is 2.65. The van der Waals surface area contributed by atoms with E-state index in [4.69, 9.17) is 10.5 Å². The number of phenolic OH excluding ortho intramolecular Hbond substituents is 1. The Labute approximate surface area is 94.1 Å². The van der Waals surface area contributed by atoms with Gasteiger partial charge in [-0.3, -0.25) is 0 Å². The molecule has 2 rings (SSSR count). The van der Waals surface area contributed by atoms with E-state index in [9.17, 15) is 5.11 Å². The van der Waals surface area contributed by atoms with Gasteiger partial charge in [-0.2, -0.15) is 0 Å². The van der Waals surface area contributed by atoms with Gasteiger partial charge in [-0.15, -0.1) is 0 Å². The molecular formula is C13H13NO2. The van der Waals surface area contributed by atoms with Gasteiger partial charge < -0.3 is 15.6 Å². The Kier molecular flexibility index (Phi) is 2.68. The zero-order valence-electron chi connectivity index (χ0n) is 8.97. The van der Waals surface area contributed by atoms with E-state index in [0.717, 1.165) is 16.9 Å². The molecule has 2 aromatic rings. The van der Waals surface area contributed by atoms with Crippen LogP contribution in [0.25, 0.3) is 11.1 Å². The maximum Gasteiger partial charge on any atom is 0.120 e. The van der Waals surface area contributed by atoms with Crippen LogP contribution in [0.1, 0.15) is 0 Å². The summed E-state index contributed by atoms with van der Waals surface area (Å²) >= 11 is 0. The van der Waals surface area contributed by atoms with Gasteiger partial charge in [0.2, 0.25) is 0 Å². The van der Waals surface area contributed by atoms with Gasteiger partial charge in [-0.05, 0) is 29.8 Å². The van der Waals surface area contributed by atoms with Crippen LogP contribution >= 0.6 is 0 Å². The van der Waals surface area contributed by atoms with Crippen molar-refractivity contribution in [3.63, 3.8) is 0 Å². The number of rotatable bonds is 2. The molecular weight excluding hydrogens is 202 g/mol. The summed E-state index contributed by atoms with van der Waals surface area (Å²) in [4.78, 5) is 0. The summed E-state index contributed by atoms with van der Waals surface area (Å²) in [6.07, 6.45) is 0. The second kappa shape index (κ2) is 4.14. The first kappa shape index (κ1) is 10.4. The second-order valence-corrected chi connectivity index (χ2v) is 3.50. The third kappa shape index (κ3) is 1.93. The highest BCUT2D eigenvalue weighted by atomic mass is 16.5. The van der Waals surface area contributed by atoms with Crippen molar-refractivity contribution in [1.29, 1.82) is 0 Å². The maximum absolute atomic E-state index is 9.20. The lowest BCUT2D eigenvalue weighted by atomic mass is 10.0. The normalized spacial score (nSPS) is 10.1. The van der Waals surface area contributed by atoms with E-state index in [-0.39, 0.29) is 5.75 Å². The highest BCUT2D eigenvalue weighted by Crippen LogP contribution is 2.30. The molecule has 0 aromatic heterocycles. The third-order valence-electron chi connectivity index (χ3n) is 2.44. The van der Waals surface area contributed by atoms with Crippen LogP contribution in [0.5, 0.6) is 11.5 Å². The molecule has 3 heteroatoms. The molecule has 0 fully saturated rings. The monoisotopic (exact) mass is 215 g/mol. The molecule has 0 unspecified atom stereocenters. The summed E-state index contributed by atoms with van der Waals surface area (Å²) in [6.45, 7) is 0. The van der Waals surface area contributed by atoms with Crippen LogP contribution in [0.15, 0.2) is 42.5 Å². The number of ether oxygens (including phenoxy) is 1. The summed E-state index contributed by atoms with van der Waals surface area (Å²) in [5.74, 6) is 0.982. The minimum absolute atomic E-state index is 0.246. The second-order valence-electron chi connectivity index (χ2n) is 3.50. The van der Waals surface area contributed by atoms with Gasteiger partial charge in [-0.25, -0.2) is 0 Å². The summed E-state index contributed by atoms with van der Waals surface area (Å²) in [5, 5.41) is 9.20. The zero-order chi connectivity index (χ0) is 11.5. The molecule has 2 aromatic carbocycles. The summed E-state index contributed by atoms with van der Waals surface area (Å²) in [6, 6.07) is 12.5. The van der Waals surface area contributed by atoms with Crippen LogP contribution in [-0.2, 0) is 0 Å². The number of nitrogen functional groups attached to an aromatic ring is 1. The molecule has 0 saturated heterocycles. The van der Waals surface area contributed by atoms with Crippen LogP contribution in [0.2, 0.25) is 0 Å². The van der Waals surface area contributed by atoms with Gasteiger partial charge in [-0.1, -0.05) is 12.1 Å². The van der Waals surface area contributed by atoms with Gasteiger partial charge in [0.1, 0.15) is 11.5 Å². The van der Waals surface area contributed by atoms with Gasteiger partial charge >= 0.3 is 0 Å². The van der Waals surface area contributed by atoms with Gasteiger partial charge in [0.15, 0.2) is 0 Å². The van der Waals surface area contributed by atoms with E-state index in [1.165, 1.54) is 0 Å². The van der Waals surface area contributed by atoms with E-state index in [1.54, 1.807) is 25.3 Å². The minimum atomic E-state index is 0.246. The van der Waals surface area contributed by atoms with Crippen LogP contribution in [0.3, 0.4) is 0 Å². The van der Waals surface area contributed by atoms with Gasteiger partial charge in [0.05, 0.1) is 7.11 Å². The Hall–Kier alpha value is -2.16. The molecule has 3 nitrogen and oxygen atoms in total. The quantitative estimate of drug-likeness (QED) is 0.757. The lowest BCUT2D eigenvalue weighted by Gasteiger charge is -2.08. The molecule has 0 aliphatic carbocycles. The van der Waals surface area contributed by atoms with Crippen molar-refractivity contribution in [2.24, 2.45) is 0 Å². The average Bonchev–Trinajstić information content (AvgIpc) is 2.30. The van der Waals surface area contributed by atoms with Crippen molar-refractivity contribution in [3.8, 4) is 22.6 Å². The Morgan fingerprint density at radius 3 is 2.31 bits per heavy atom. The van der Waals surface area contributed by atoms with Crippen LogP contribution in [0.4, 0.5) is 5.69 Å². The van der Waals surface area contributed by atoms with E-state index in [0.29, 0.717) is 5.69 Å². The average molecular weight is 215 g/mol. The predicted molar refractivity (Wildman–Crippen MR) is 64.5 cm³/mol. The first-order valence-corrected chi connectivity index (χ1v) is 4.93.